The van der Waals surface area contributed by atoms with Gasteiger partial charge in [-0.3, -0.25) is 0 Å². The van der Waals surface area contributed by atoms with E-state index in [-0.39, 0.29) is 6.61 Å². The van der Waals surface area contributed by atoms with Crippen LogP contribution in [0.2, 0.25) is 0 Å². The first-order valence-corrected chi connectivity index (χ1v) is 6.62. The second kappa shape index (κ2) is 7.08. The molecule has 0 saturated carbocycles. The summed E-state index contributed by atoms with van der Waals surface area (Å²) in [7, 11) is 0. The number of hydrogen-bond donors (Lipinski definition) is 1. The Hall–Kier alpha value is -1.46. The predicted molar refractivity (Wildman–Crippen MR) is 78.1 cm³/mol. The minimum absolute atomic E-state index is 0.0885. The molecule has 1 aromatic carbocycles. The van der Waals surface area contributed by atoms with Crippen LogP contribution in [0.3, 0.4) is 0 Å². The largest absolute Gasteiger partial charge is 0.384 e. The Labute approximate surface area is 111 Å². The molecular formula is C16H23NO. The van der Waals surface area contributed by atoms with E-state index in [4.69, 9.17) is 5.11 Å². The molecule has 0 radical (unpaired) electrons. The molecule has 0 aliphatic carbocycles. The molecule has 0 aromatic heterocycles. The summed E-state index contributed by atoms with van der Waals surface area (Å²) in [6, 6.07) is 6.31. The van der Waals surface area contributed by atoms with Crippen molar-refractivity contribution in [1.29, 1.82) is 0 Å². The Balaban J connectivity index is 3.19. The van der Waals surface area contributed by atoms with Gasteiger partial charge in [0.25, 0.3) is 0 Å². The fourth-order valence-corrected chi connectivity index (χ4v) is 2.09. The molecule has 0 saturated heterocycles. The molecule has 0 spiro atoms. The smallest absolute Gasteiger partial charge is 0.104 e. The molecule has 18 heavy (non-hydrogen) atoms. The van der Waals surface area contributed by atoms with Gasteiger partial charge in [-0.2, -0.15) is 0 Å². The number of benzene rings is 1. The standard InChI is InChI=1S/C16H23NO/c1-5-17(6-2)16-10-9-14(8-7-11-18)12-15(16)13(3)4/h9-10,12-13,18H,5-6,11H2,1-4H3. The maximum atomic E-state index is 8.74. The van der Waals surface area contributed by atoms with E-state index < -0.39 is 0 Å². The van der Waals surface area contributed by atoms with Gasteiger partial charge in [-0.15, -0.1) is 0 Å². The van der Waals surface area contributed by atoms with Crippen LogP contribution >= 0.6 is 0 Å². The monoisotopic (exact) mass is 245 g/mol. The van der Waals surface area contributed by atoms with E-state index in [1.54, 1.807) is 0 Å². The van der Waals surface area contributed by atoms with Crippen molar-refractivity contribution < 1.29 is 5.11 Å². The molecule has 0 aliphatic rings. The number of hydrogen-bond acceptors (Lipinski definition) is 2. The lowest BCUT2D eigenvalue weighted by molar-refractivity contribution is 0.350. The van der Waals surface area contributed by atoms with Crippen molar-refractivity contribution in [3.63, 3.8) is 0 Å². The Morgan fingerprint density at radius 2 is 1.89 bits per heavy atom. The topological polar surface area (TPSA) is 23.5 Å². The quantitative estimate of drug-likeness (QED) is 0.824. The molecule has 2 nitrogen and oxygen atoms in total. The third kappa shape index (κ3) is 3.51. The Bertz CT molecular complexity index is 436. The predicted octanol–water partition coefficient (Wildman–Crippen LogP) is 3.00. The molecule has 0 heterocycles. The third-order valence-electron chi connectivity index (χ3n) is 3.07. The van der Waals surface area contributed by atoms with E-state index in [1.165, 1.54) is 11.3 Å². The normalized spacial score (nSPS) is 10.1. The molecule has 1 rings (SSSR count). The number of aliphatic hydroxyl groups is 1. The summed E-state index contributed by atoms with van der Waals surface area (Å²) in [5.74, 6) is 6.14. The lowest BCUT2D eigenvalue weighted by Gasteiger charge is -2.25. The highest BCUT2D eigenvalue weighted by atomic mass is 16.2. The second-order valence-corrected chi connectivity index (χ2v) is 4.56. The van der Waals surface area contributed by atoms with Crippen molar-refractivity contribution in [2.24, 2.45) is 0 Å². The van der Waals surface area contributed by atoms with Crippen molar-refractivity contribution in [3.8, 4) is 11.8 Å². The Kier molecular flexibility index (Phi) is 5.74. The van der Waals surface area contributed by atoms with E-state index in [0.29, 0.717) is 5.92 Å². The van der Waals surface area contributed by atoms with Gasteiger partial charge in [-0.05, 0) is 43.5 Å². The maximum absolute atomic E-state index is 8.74. The summed E-state index contributed by atoms with van der Waals surface area (Å²) in [6.45, 7) is 10.7. The van der Waals surface area contributed by atoms with Crippen LogP contribution in [0.15, 0.2) is 18.2 Å². The average molecular weight is 245 g/mol. The maximum Gasteiger partial charge on any atom is 0.104 e. The van der Waals surface area contributed by atoms with E-state index >= 15 is 0 Å². The van der Waals surface area contributed by atoms with Crippen molar-refractivity contribution in [1.82, 2.24) is 0 Å². The van der Waals surface area contributed by atoms with Crippen molar-refractivity contribution in [2.45, 2.75) is 33.6 Å². The molecule has 0 amide bonds. The average Bonchev–Trinajstić information content (AvgIpc) is 2.38. The summed E-state index contributed by atoms with van der Waals surface area (Å²) in [5.41, 5.74) is 3.59. The van der Waals surface area contributed by atoms with Gasteiger partial charge < -0.3 is 10.0 Å². The highest BCUT2D eigenvalue weighted by Gasteiger charge is 2.11. The second-order valence-electron chi connectivity index (χ2n) is 4.56. The molecular weight excluding hydrogens is 222 g/mol. The first kappa shape index (κ1) is 14.6. The van der Waals surface area contributed by atoms with E-state index in [0.717, 1.165) is 18.7 Å². The molecule has 0 aliphatic heterocycles. The van der Waals surface area contributed by atoms with Gasteiger partial charge >= 0.3 is 0 Å². The zero-order valence-electron chi connectivity index (χ0n) is 11.8. The van der Waals surface area contributed by atoms with Gasteiger partial charge in [0, 0.05) is 24.3 Å². The van der Waals surface area contributed by atoms with Crippen molar-refractivity contribution in [2.75, 3.05) is 24.6 Å². The summed E-state index contributed by atoms with van der Waals surface area (Å²) >= 11 is 0. The molecule has 0 atom stereocenters. The van der Waals surface area contributed by atoms with Crippen LogP contribution < -0.4 is 4.90 Å². The molecule has 1 aromatic rings. The van der Waals surface area contributed by atoms with Crippen LogP contribution in [0.25, 0.3) is 0 Å². The van der Waals surface area contributed by atoms with Gasteiger partial charge in [0.1, 0.15) is 6.61 Å². The fourth-order valence-electron chi connectivity index (χ4n) is 2.09. The summed E-state index contributed by atoms with van der Waals surface area (Å²) in [4.78, 5) is 2.36. The molecule has 0 bridgehead atoms. The minimum Gasteiger partial charge on any atom is -0.384 e. The molecule has 98 valence electrons. The summed E-state index contributed by atoms with van der Waals surface area (Å²) in [5, 5.41) is 8.74. The third-order valence-corrected chi connectivity index (χ3v) is 3.07. The van der Waals surface area contributed by atoms with Gasteiger partial charge in [-0.25, -0.2) is 0 Å². The van der Waals surface area contributed by atoms with Crippen molar-refractivity contribution >= 4 is 5.69 Å². The fraction of sp³-hybridized carbons (Fsp3) is 0.500. The number of aliphatic hydroxyl groups excluding tert-OH is 1. The van der Waals surface area contributed by atoms with Gasteiger partial charge in [0.05, 0.1) is 0 Å². The van der Waals surface area contributed by atoms with Crippen molar-refractivity contribution in [3.05, 3.63) is 29.3 Å². The number of anilines is 1. The highest BCUT2D eigenvalue weighted by molar-refractivity contribution is 5.58. The van der Waals surface area contributed by atoms with E-state index in [9.17, 15) is 0 Å². The SMILES string of the molecule is CCN(CC)c1ccc(C#CCO)cc1C(C)C. The summed E-state index contributed by atoms with van der Waals surface area (Å²) in [6.07, 6.45) is 0. The minimum atomic E-state index is -0.0885. The van der Waals surface area contributed by atoms with Crippen LogP contribution in [-0.4, -0.2) is 24.8 Å². The Morgan fingerprint density at radius 1 is 1.22 bits per heavy atom. The van der Waals surface area contributed by atoms with E-state index in [1.807, 2.05) is 6.07 Å². The van der Waals surface area contributed by atoms with Crippen LogP contribution in [-0.2, 0) is 0 Å². The van der Waals surface area contributed by atoms with Crippen LogP contribution in [0.4, 0.5) is 5.69 Å². The Morgan fingerprint density at radius 3 is 2.39 bits per heavy atom. The van der Waals surface area contributed by atoms with Crippen LogP contribution in [0.5, 0.6) is 0 Å². The molecule has 2 heteroatoms. The zero-order valence-corrected chi connectivity index (χ0v) is 11.8. The highest BCUT2D eigenvalue weighted by Crippen LogP contribution is 2.28. The molecule has 0 fully saturated rings. The van der Waals surface area contributed by atoms with Crippen LogP contribution in [0.1, 0.15) is 44.7 Å². The molecule has 0 unspecified atom stereocenters. The van der Waals surface area contributed by atoms with Gasteiger partial charge in [0.15, 0.2) is 0 Å². The first-order chi connectivity index (χ1) is 8.63. The zero-order chi connectivity index (χ0) is 13.5. The molecule has 1 N–H and O–H groups in total. The van der Waals surface area contributed by atoms with Gasteiger partial charge in [-0.1, -0.05) is 25.7 Å². The lowest BCUT2D eigenvalue weighted by atomic mass is 9.98. The van der Waals surface area contributed by atoms with Crippen LogP contribution in [0, 0.1) is 11.8 Å². The number of rotatable bonds is 4. The van der Waals surface area contributed by atoms with Gasteiger partial charge in [0.2, 0.25) is 0 Å². The van der Waals surface area contributed by atoms with E-state index in [2.05, 4.69) is 56.6 Å². The summed E-state index contributed by atoms with van der Waals surface area (Å²) < 4.78 is 0. The number of nitrogens with zero attached hydrogens (tertiary/aromatic N) is 1. The lowest BCUT2D eigenvalue weighted by Crippen LogP contribution is -2.23. The first-order valence-electron chi connectivity index (χ1n) is 6.62.